The predicted octanol–water partition coefficient (Wildman–Crippen LogP) is 3.47. The van der Waals surface area contributed by atoms with E-state index in [2.05, 4.69) is 20.7 Å². The highest BCUT2D eigenvalue weighted by Gasteiger charge is 2.34. The number of carbonyl (C=O) groups excluding carboxylic acids is 2. The van der Waals surface area contributed by atoms with Crippen LogP contribution in [0, 0.1) is 0 Å². The number of azide groups is 1. The standard InChI is InChI=1S/C21H33N5O4/c1-6-10-14(2)23-19(28)17(25-26-22)18(27)16(13-15-11-8-7-9-12-15)24-20(29)30-21(3,4)5/h7-9,11-12,14,16-18,27H,6,10,13H2,1-5H3,(H,23,28)(H,24,29)/t14?,16-,17-,18-/m0/s1. The second-order valence-corrected chi connectivity index (χ2v) is 8.28. The molecule has 9 nitrogen and oxygen atoms in total. The summed E-state index contributed by atoms with van der Waals surface area (Å²) < 4.78 is 5.29. The van der Waals surface area contributed by atoms with Crippen molar-refractivity contribution in [2.24, 2.45) is 5.11 Å². The molecule has 3 N–H and O–H groups in total. The molecule has 0 aliphatic carbocycles. The molecule has 0 heterocycles. The van der Waals surface area contributed by atoms with Crippen LogP contribution in [-0.2, 0) is 16.0 Å². The van der Waals surface area contributed by atoms with Crippen LogP contribution >= 0.6 is 0 Å². The third-order valence-corrected chi connectivity index (χ3v) is 4.29. The first-order valence-electron chi connectivity index (χ1n) is 10.1. The van der Waals surface area contributed by atoms with E-state index in [4.69, 9.17) is 10.3 Å². The van der Waals surface area contributed by atoms with E-state index in [9.17, 15) is 14.7 Å². The van der Waals surface area contributed by atoms with Crippen molar-refractivity contribution in [2.45, 2.75) is 83.7 Å². The third-order valence-electron chi connectivity index (χ3n) is 4.29. The van der Waals surface area contributed by atoms with E-state index in [-0.39, 0.29) is 12.5 Å². The summed E-state index contributed by atoms with van der Waals surface area (Å²) in [5.41, 5.74) is 9.03. The van der Waals surface area contributed by atoms with Crippen LogP contribution in [0.1, 0.15) is 53.0 Å². The molecule has 0 radical (unpaired) electrons. The molecule has 1 unspecified atom stereocenters. The number of alkyl carbamates (subject to hydrolysis) is 1. The van der Waals surface area contributed by atoms with Crippen LogP contribution in [0.4, 0.5) is 4.79 Å². The van der Waals surface area contributed by atoms with E-state index in [0.29, 0.717) is 0 Å². The molecule has 0 aliphatic heterocycles. The summed E-state index contributed by atoms with van der Waals surface area (Å²) in [6.07, 6.45) is -0.359. The molecule has 9 heteroatoms. The van der Waals surface area contributed by atoms with E-state index in [1.165, 1.54) is 0 Å². The lowest BCUT2D eigenvalue weighted by atomic mass is 9.96. The van der Waals surface area contributed by atoms with Crippen LogP contribution in [0.5, 0.6) is 0 Å². The van der Waals surface area contributed by atoms with Crippen molar-refractivity contribution in [1.29, 1.82) is 0 Å². The van der Waals surface area contributed by atoms with E-state index < -0.39 is 35.8 Å². The first kappa shape index (κ1) is 25.3. The van der Waals surface area contributed by atoms with Crippen LogP contribution in [0.15, 0.2) is 35.4 Å². The highest BCUT2D eigenvalue weighted by Crippen LogP contribution is 2.14. The number of aliphatic hydroxyl groups is 1. The van der Waals surface area contributed by atoms with Gasteiger partial charge in [0.15, 0.2) is 0 Å². The van der Waals surface area contributed by atoms with Gasteiger partial charge < -0.3 is 20.5 Å². The van der Waals surface area contributed by atoms with E-state index in [1.54, 1.807) is 20.8 Å². The summed E-state index contributed by atoms with van der Waals surface area (Å²) in [6.45, 7) is 8.99. The predicted molar refractivity (Wildman–Crippen MR) is 115 cm³/mol. The number of ether oxygens (including phenoxy) is 1. The molecular weight excluding hydrogens is 386 g/mol. The Balaban J connectivity index is 3.08. The average molecular weight is 420 g/mol. The largest absolute Gasteiger partial charge is 0.444 e. The molecule has 0 fully saturated rings. The Morgan fingerprint density at radius 3 is 2.40 bits per heavy atom. The lowest BCUT2D eigenvalue weighted by Crippen LogP contribution is -2.54. The summed E-state index contributed by atoms with van der Waals surface area (Å²) in [5, 5.41) is 19.8. The van der Waals surface area contributed by atoms with Gasteiger partial charge >= 0.3 is 6.09 Å². The normalized spacial score (nSPS) is 15.1. The van der Waals surface area contributed by atoms with Gasteiger partial charge in [0, 0.05) is 11.0 Å². The topological polar surface area (TPSA) is 136 Å². The fraction of sp³-hybridized carbons (Fsp3) is 0.619. The Morgan fingerprint density at radius 1 is 1.23 bits per heavy atom. The Morgan fingerprint density at radius 2 is 1.87 bits per heavy atom. The summed E-state index contributed by atoms with van der Waals surface area (Å²) in [7, 11) is 0. The SMILES string of the molecule is CCCC(C)NC(=O)[C@@H](N=[N+]=[N-])[C@@H](O)[C@H](Cc1ccccc1)NC(=O)OC(C)(C)C. The van der Waals surface area contributed by atoms with Gasteiger partial charge in [-0.2, -0.15) is 0 Å². The van der Waals surface area contributed by atoms with Gasteiger partial charge in [0.2, 0.25) is 5.91 Å². The lowest BCUT2D eigenvalue weighted by Gasteiger charge is -2.29. The van der Waals surface area contributed by atoms with Gasteiger partial charge in [-0.15, -0.1) is 0 Å². The Bertz CT molecular complexity index is 729. The van der Waals surface area contributed by atoms with Gasteiger partial charge in [0.1, 0.15) is 11.6 Å². The van der Waals surface area contributed by atoms with Crippen LogP contribution in [0.25, 0.3) is 10.4 Å². The molecule has 1 aromatic rings. The fourth-order valence-electron chi connectivity index (χ4n) is 2.97. The van der Waals surface area contributed by atoms with Crippen LogP contribution < -0.4 is 10.6 Å². The van der Waals surface area contributed by atoms with Crippen molar-refractivity contribution in [1.82, 2.24) is 10.6 Å². The Labute approximate surface area is 177 Å². The number of hydrogen-bond acceptors (Lipinski definition) is 5. The minimum absolute atomic E-state index is 0.141. The molecule has 0 saturated heterocycles. The summed E-state index contributed by atoms with van der Waals surface area (Å²) in [6, 6.07) is 6.72. The number of aliphatic hydroxyl groups excluding tert-OH is 1. The van der Waals surface area contributed by atoms with E-state index in [1.807, 2.05) is 44.2 Å². The van der Waals surface area contributed by atoms with Gasteiger partial charge in [-0.3, -0.25) is 4.79 Å². The molecule has 4 atom stereocenters. The van der Waals surface area contributed by atoms with Gasteiger partial charge in [0.25, 0.3) is 0 Å². The highest BCUT2D eigenvalue weighted by atomic mass is 16.6. The number of amides is 2. The van der Waals surface area contributed by atoms with Crippen LogP contribution in [0.2, 0.25) is 0 Å². The number of rotatable bonds is 10. The Hall–Kier alpha value is -2.77. The van der Waals surface area contributed by atoms with Crippen molar-refractivity contribution < 1.29 is 19.4 Å². The van der Waals surface area contributed by atoms with Crippen molar-refractivity contribution in [2.75, 3.05) is 0 Å². The maximum atomic E-state index is 12.7. The maximum absolute atomic E-state index is 12.7. The minimum Gasteiger partial charge on any atom is -0.444 e. The smallest absolute Gasteiger partial charge is 0.407 e. The zero-order chi connectivity index (χ0) is 22.7. The number of nitrogens with zero attached hydrogens (tertiary/aromatic N) is 3. The van der Waals surface area contributed by atoms with Crippen molar-refractivity contribution in [3.05, 3.63) is 46.3 Å². The fourth-order valence-corrected chi connectivity index (χ4v) is 2.97. The van der Waals surface area contributed by atoms with Crippen molar-refractivity contribution in [3.63, 3.8) is 0 Å². The molecule has 0 aromatic heterocycles. The monoisotopic (exact) mass is 419 g/mol. The molecule has 1 aromatic carbocycles. The van der Waals surface area contributed by atoms with Gasteiger partial charge in [-0.1, -0.05) is 48.8 Å². The number of nitrogens with one attached hydrogen (secondary N) is 2. The van der Waals surface area contributed by atoms with E-state index >= 15 is 0 Å². The summed E-state index contributed by atoms with van der Waals surface area (Å²) in [4.78, 5) is 27.7. The van der Waals surface area contributed by atoms with E-state index in [0.717, 1.165) is 18.4 Å². The second-order valence-electron chi connectivity index (χ2n) is 8.28. The summed E-state index contributed by atoms with van der Waals surface area (Å²) >= 11 is 0. The lowest BCUT2D eigenvalue weighted by molar-refractivity contribution is -0.125. The highest BCUT2D eigenvalue weighted by molar-refractivity contribution is 5.83. The molecule has 0 spiro atoms. The molecule has 30 heavy (non-hydrogen) atoms. The molecule has 1 rings (SSSR count). The van der Waals surface area contributed by atoms with Crippen molar-refractivity contribution >= 4 is 12.0 Å². The molecule has 0 aliphatic rings. The number of carbonyl (C=O) groups is 2. The van der Waals surface area contributed by atoms with Crippen molar-refractivity contribution in [3.8, 4) is 0 Å². The zero-order valence-corrected chi connectivity index (χ0v) is 18.3. The molecule has 2 amide bonds. The molecule has 166 valence electrons. The maximum Gasteiger partial charge on any atom is 0.407 e. The number of benzene rings is 1. The van der Waals surface area contributed by atoms with Crippen LogP contribution in [0.3, 0.4) is 0 Å². The van der Waals surface area contributed by atoms with Gasteiger partial charge in [-0.25, -0.2) is 4.79 Å². The average Bonchev–Trinajstić information content (AvgIpc) is 2.64. The Kier molecular flexibility index (Phi) is 10.1. The van der Waals surface area contributed by atoms with Gasteiger partial charge in [0.05, 0.1) is 12.1 Å². The molecule has 0 saturated carbocycles. The quantitative estimate of drug-likeness (QED) is 0.304. The first-order valence-corrected chi connectivity index (χ1v) is 10.1. The minimum atomic E-state index is -1.46. The zero-order valence-electron chi connectivity index (χ0n) is 18.3. The van der Waals surface area contributed by atoms with Crippen LogP contribution in [-0.4, -0.2) is 46.9 Å². The second kappa shape index (κ2) is 12.0. The summed E-state index contributed by atoms with van der Waals surface area (Å²) in [5.74, 6) is -0.592. The molecule has 0 bridgehead atoms. The first-order chi connectivity index (χ1) is 14.1. The van der Waals surface area contributed by atoms with Gasteiger partial charge in [-0.05, 0) is 51.6 Å². The molecular formula is C21H33N5O4. The number of hydrogen-bond donors (Lipinski definition) is 3. The third kappa shape index (κ3) is 9.15.